The van der Waals surface area contributed by atoms with Gasteiger partial charge in [-0.25, -0.2) is 4.57 Å². The first-order chi connectivity index (χ1) is 25.4. The van der Waals surface area contributed by atoms with E-state index in [9.17, 15) is 14.3 Å². The van der Waals surface area contributed by atoms with Gasteiger partial charge >= 0.3 is 13.8 Å². The molecule has 3 N–H and O–H groups in total. The fraction of sp³-hybridized carbons (Fsp3) is 0.744. The van der Waals surface area contributed by atoms with Gasteiger partial charge in [0.2, 0.25) is 0 Å². The van der Waals surface area contributed by atoms with Crippen molar-refractivity contribution in [1.82, 2.24) is 0 Å². The number of ether oxygens (including phenoxy) is 2. The predicted octanol–water partition coefficient (Wildman–Crippen LogP) is 12.5. The topological polar surface area (TPSA) is 117 Å². The van der Waals surface area contributed by atoms with Gasteiger partial charge in [0.15, 0.2) is 6.10 Å². The lowest BCUT2D eigenvalue weighted by Gasteiger charge is -2.19. The van der Waals surface area contributed by atoms with Crippen LogP contribution >= 0.6 is 7.82 Å². The predicted molar refractivity (Wildman–Crippen MR) is 219 cm³/mol. The minimum Gasteiger partial charge on any atom is -0.492 e. The molecule has 52 heavy (non-hydrogen) atoms. The van der Waals surface area contributed by atoms with Gasteiger partial charge in [-0.15, -0.1) is 0 Å². The summed E-state index contributed by atoms with van der Waals surface area (Å²) in [6, 6.07) is 0. The van der Waals surface area contributed by atoms with Crippen LogP contribution in [0.1, 0.15) is 174 Å². The molecule has 0 amide bonds. The van der Waals surface area contributed by atoms with E-state index in [1.54, 1.807) is 6.26 Å². The van der Waals surface area contributed by atoms with Gasteiger partial charge in [0.25, 0.3) is 0 Å². The van der Waals surface area contributed by atoms with Crippen LogP contribution in [0.2, 0.25) is 0 Å². The zero-order valence-corrected chi connectivity index (χ0v) is 34.2. The molecule has 0 aliphatic rings. The van der Waals surface area contributed by atoms with Crippen molar-refractivity contribution in [2.24, 2.45) is 5.73 Å². The summed E-state index contributed by atoms with van der Waals surface area (Å²) in [5, 5.41) is 0. The molecule has 0 bridgehead atoms. The average molecular weight is 752 g/mol. The number of hydrogen-bond acceptors (Lipinski definition) is 7. The summed E-state index contributed by atoms with van der Waals surface area (Å²) < 4.78 is 33.1. The van der Waals surface area contributed by atoms with Crippen molar-refractivity contribution in [3.63, 3.8) is 0 Å². The van der Waals surface area contributed by atoms with Gasteiger partial charge in [-0.3, -0.25) is 13.8 Å². The number of allylic oxidation sites excluding steroid dienone is 9. The number of rotatable bonds is 39. The Morgan fingerprint density at radius 2 is 1.04 bits per heavy atom. The highest BCUT2D eigenvalue weighted by Crippen LogP contribution is 2.43. The Labute approximate surface area is 319 Å². The number of carbonyl (C=O) groups is 1. The van der Waals surface area contributed by atoms with Crippen molar-refractivity contribution in [2.75, 3.05) is 26.4 Å². The molecule has 2 unspecified atom stereocenters. The molecule has 0 fully saturated rings. The molecule has 2 atom stereocenters. The summed E-state index contributed by atoms with van der Waals surface area (Å²) >= 11 is 0. The van der Waals surface area contributed by atoms with Gasteiger partial charge in [-0.2, -0.15) is 0 Å². The first-order valence-electron chi connectivity index (χ1n) is 20.8. The molecule has 0 aromatic heterocycles. The lowest BCUT2D eigenvalue weighted by Crippen LogP contribution is -2.25. The molecule has 0 radical (unpaired) electrons. The molecule has 0 heterocycles. The molecular formula is C43H78NO7P. The van der Waals surface area contributed by atoms with Crippen molar-refractivity contribution in [3.8, 4) is 0 Å². The molecular weight excluding hydrogens is 673 g/mol. The second-order valence-corrected chi connectivity index (χ2v) is 15.0. The highest BCUT2D eigenvalue weighted by atomic mass is 31.2. The van der Waals surface area contributed by atoms with Gasteiger partial charge in [-0.1, -0.05) is 140 Å². The standard InChI is InChI=1S/C43H78NO7P/c1-3-5-7-9-11-13-15-17-19-21-22-24-26-28-30-32-34-36-43(45)49-40-42(41-51-52(46,47)50-39-37-44)48-38-35-33-31-29-27-25-23-20-18-16-14-12-10-8-6-4-2/h14,16-17,19,22,24,28,30,35,38,42H,3-13,15,18,20-21,23,25-27,29,31-34,36-37,39-41,44H2,1-2H3,(H,46,47). The van der Waals surface area contributed by atoms with Crippen LogP contribution in [-0.4, -0.2) is 43.3 Å². The third kappa shape index (κ3) is 39.3. The molecule has 0 rings (SSSR count). The Balaban J connectivity index is 4.21. The van der Waals surface area contributed by atoms with Crippen molar-refractivity contribution in [2.45, 2.75) is 180 Å². The Morgan fingerprint density at radius 1 is 0.596 bits per heavy atom. The number of nitrogens with two attached hydrogens (primary N) is 1. The van der Waals surface area contributed by atoms with E-state index in [2.05, 4.69) is 62.5 Å². The van der Waals surface area contributed by atoms with Crippen molar-refractivity contribution in [1.29, 1.82) is 0 Å². The molecule has 9 heteroatoms. The first kappa shape index (κ1) is 50.0. The maximum absolute atomic E-state index is 12.4. The molecule has 8 nitrogen and oxygen atoms in total. The quantitative estimate of drug-likeness (QED) is 0.0210. The number of hydrogen-bond donors (Lipinski definition) is 2. The van der Waals surface area contributed by atoms with Crippen LogP contribution in [0.4, 0.5) is 0 Å². The lowest BCUT2D eigenvalue weighted by molar-refractivity contribution is -0.147. The Bertz CT molecular complexity index is 979. The van der Waals surface area contributed by atoms with Gasteiger partial charge in [-0.05, 0) is 83.1 Å². The second kappa shape index (κ2) is 40.2. The second-order valence-electron chi connectivity index (χ2n) is 13.6. The summed E-state index contributed by atoms with van der Waals surface area (Å²) in [5.74, 6) is -0.344. The number of phosphoric acid groups is 1. The first-order valence-corrected chi connectivity index (χ1v) is 22.3. The summed E-state index contributed by atoms with van der Waals surface area (Å²) in [5.41, 5.74) is 5.36. The molecule has 0 aromatic carbocycles. The zero-order chi connectivity index (χ0) is 38.1. The fourth-order valence-corrected chi connectivity index (χ4v) is 6.11. The highest BCUT2D eigenvalue weighted by molar-refractivity contribution is 7.47. The van der Waals surface area contributed by atoms with E-state index < -0.39 is 13.9 Å². The summed E-state index contributed by atoms with van der Waals surface area (Å²) in [6.45, 7) is 4.12. The van der Waals surface area contributed by atoms with Gasteiger partial charge < -0.3 is 20.1 Å². The van der Waals surface area contributed by atoms with Crippen molar-refractivity contribution >= 4 is 13.8 Å². The molecule has 302 valence electrons. The molecule has 0 saturated heterocycles. The molecule has 0 aromatic rings. The van der Waals surface area contributed by atoms with Crippen LogP contribution in [0.15, 0.2) is 60.9 Å². The Hall–Kier alpha value is -1.96. The van der Waals surface area contributed by atoms with E-state index in [1.165, 1.54) is 109 Å². The van der Waals surface area contributed by atoms with Crippen LogP contribution in [0, 0.1) is 0 Å². The minimum atomic E-state index is -4.28. The maximum atomic E-state index is 12.4. The van der Waals surface area contributed by atoms with Crippen molar-refractivity contribution in [3.05, 3.63) is 60.9 Å². The van der Waals surface area contributed by atoms with Crippen LogP contribution in [0.3, 0.4) is 0 Å². The van der Waals surface area contributed by atoms with E-state index in [0.717, 1.165) is 38.5 Å². The van der Waals surface area contributed by atoms with Crippen LogP contribution in [0.5, 0.6) is 0 Å². The van der Waals surface area contributed by atoms with E-state index in [-0.39, 0.29) is 38.8 Å². The van der Waals surface area contributed by atoms with E-state index in [1.807, 2.05) is 6.08 Å². The largest absolute Gasteiger partial charge is 0.492 e. The van der Waals surface area contributed by atoms with E-state index >= 15 is 0 Å². The zero-order valence-electron chi connectivity index (χ0n) is 33.3. The third-order valence-electron chi connectivity index (χ3n) is 8.50. The molecule has 0 aliphatic heterocycles. The van der Waals surface area contributed by atoms with Gasteiger partial charge in [0.05, 0.1) is 19.5 Å². The molecule has 0 saturated carbocycles. The van der Waals surface area contributed by atoms with E-state index in [4.69, 9.17) is 24.3 Å². The van der Waals surface area contributed by atoms with Gasteiger partial charge in [0, 0.05) is 13.0 Å². The van der Waals surface area contributed by atoms with Gasteiger partial charge in [0.1, 0.15) is 6.61 Å². The smallest absolute Gasteiger partial charge is 0.472 e. The van der Waals surface area contributed by atoms with Crippen LogP contribution < -0.4 is 5.73 Å². The van der Waals surface area contributed by atoms with E-state index in [0.29, 0.717) is 6.42 Å². The number of carbonyl (C=O) groups excluding carboxylic acids is 1. The number of unbranched alkanes of at least 4 members (excludes halogenated alkanes) is 18. The average Bonchev–Trinajstić information content (AvgIpc) is 3.14. The normalized spacial score (nSPS) is 14.1. The summed E-state index contributed by atoms with van der Waals surface area (Å²) in [4.78, 5) is 22.2. The monoisotopic (exact) mass is 752 g/mol. The Morgan fingerprint density at radius 3 is 1.58 bits per heavy atom. The SMILES string of the molecule is CCCCCCC=CCCCCCCCCC=COC(COC(=O)CCCC=CCC=CCC=CCCCCCCCC)COP(=O)(O)OCCN. The number of esters is 1. The highest BCUT2D eigenvalue weighted by Gasteiger charge is 2.24. The Kier molecular flexibility index (Phi) is 38.7. The molecule has 0 spiro atoms. The van der Waals surface area contributed by atoms with Crippen molar-refractivity contribution < 1.29 is 32.8 Å². The summed E-state index contributed by atoms with van der Waals surface area (Å²) in [6.07, 6.45) is 49.1. The number of phosphoric ester groups is 1. The summed E-state index contributed by atoms with van der Waals surface area (Å²) in [7, 11) is -4.28. The van der Waals surface area contributed by atoms with Crippen LogP contribution in [0.25, 0.3) is 0 Å². The fourth-order valence-electron chi connectivity index (χ4n) is 5.34. The maximum Gasteiger partial charge on any atom is 0.472 e. The van der Waals surface area contributed by atoms with Crippen LogP contribution in [-0.2, 0) is 27.9 Å². The lowest BCUT2D eigenvalue weighted by atomic mass is 10.1. The molecule has 0 aliphatic carbocycles. The minimum absolute atomic E-state index is 0.0909. The third-order valence-corrected chi connectivity index (χ3v) is 9.48.